The van der Waals surface area contributed by atoms with Gasteiger partial charge in [-0.15, -0.1) is 0 Å². The number of likely N-dealkylation sites (tertiary alicyclic amines) is 1. The van der Waals surface area contributed by atoms with Crippen molar-refractivity contribution in [3.8, 4) is 11.5 Å². The minimum absolute atomic E-state index is 0.162. The summed E-state index contributed by atoms with van der Waals surface area (Å²) in [4.78, 5) is 4.66. The number of nitrogens with zero attached hydrogens (tertiary/aromatic N) is 2. The van der Waals surface area contributed by atoms with E-state index in [0.29, 0.717) is 23.9 Å². The summed E-state index contributed by atoms with van der Waals surface area (Å²) >= 11 is 5.93. The van der Waals surface area contributed by atoms with Gasteiger partial charge in [0, 0.05) is 31.2 Å². The normalized spacial score (nSPS) is 22.6. The molecule has 0 unspecified atom stereocenters. The van der Waals surface area contributed by atoms with Gasteiger partial charge in [-0.25, -0.2) is 0 Å². The fourth-order valence-electron chi connectivity index (χ4n) is 4.22. The van der Waals surface area contributed by atoms with Crippen LogP contribution in [0.1, 0.15) is 18.4 Å². The van der Waals surface area contributed by atoms with Crippen LogP contribution in [0.3, 0.4) is 0 Å². The van der Waals surface area contributed by atoms with Gasteiger partial charge < -0.3 is 19.3 Å². The van der Waals surface area contributed by atoms with Gasteiger partial charge in [-0.05, 0) is 67.9 Å². The average Bonchev–Trinajstić information content (AvgIpc) is 3.24. The molecule has 0 saturated carbocycles. The summed E-state index contributed by atoms with van der Waals surface area (Å²) in [7, 11) is 0. The number of β-amino-alcohol motifs (C(OH)–C–C–N with tert-alkyl or cyclic N) is 1. The Morgan fingerprint density at radius 3 is 2.34 bits per heavy atom. The van der Waals surface area contributed by atoms with Gasteiger partial charge in [-0.1, -0.05) is 23.7 Å². The van der Waals surface area contributed by atoms with Crippen molar-refractivity contribution in [1.82, 2.24) is 9.80 Å². The van der Waals surface area contributed by atoms with E-state index in [-0.39, 0.29) is 13.2 Å². The zero-order chi connectivity index (χ0) is 22.2. The fourth-order valence-corrected chi connectivity index (χ4v) is 4.34. The third kappa shape index (κ3) is 7.09. The molecule has 2 aliphatic rings. The lowest BCUT2D eigenvalue weighted by atomic mass is 10.1. The highest BCUT2D eigenvalue weighted by atomic mass is 35.5. The zero-order valence-corrected chi connectivity index (χ0v) is 19.3. The van der Waals surface area contributed by atoms with Crippen LogP contribution in [0.15, 0.2) is 48.5 Å². The molecule has 2 heterocycles. The van der Waals surface area contributed by atoms with Gasteiger partial charge in [0.2, 0.25) is 0 Å². The molecule has 7 heteroatoms. The topological polar surface area (TPSA) is 54.4 Å². The second-order valence-corrected chi connectivity index (χ2v) is 9.21. The molecule has 1 N–H and O–H groups in total. The van der Waals surface area contributed by atoms with Crippen LogP contribution >= 0.6 is 11.6 Å². The first-order valence-electron chi connectivity index (χ1n) is 11.4. The molecule has 4 rings (SSSR count). The van der Waals surface area contributed by atoms with E-state index >= 15 is 0 Å². The molecular weight excluding hydrogens is 428 g/mol. The summed E-state index contributed by atoms with van der Waals surface area (Å²) < 4.78 is 17.4. The Morgan fingerprint density at radius 1 is 0.906 bits per heavy atom. The van der Waals surface area contributed by atoms with Crippen LogP contribution in [0.4, 0.5) is 0 Å². The Balaban J connectivity index is 1.26. The Bertz CT molecular complexity index is 827. The van der Waals surface area contributed by atoms with Gasteiger partial charge in [0.15, 0.2) is 0 Å². The molecule has 2 fully saturated rings. The van der Waals surface area contributed by atoms with Crippen LogP contribution in [0.5, 0.6) is 11.5 Å². The Kier molecular flexibility index (Phi) is 8.27. The van der Waals surface area contributed by atoms with Crippen molar-refractivity contribution in [2.24, 2.45) is 0 Å². The summed E-state index contributed by atoms with van der Waals surface area (Å²) in [6.45, 7) is 7.08. The van der Waals surface area contributed by atoms with E-state index < -0.39 is 5.60 Å². The minimum Gasteiger partial charge on any atom is -0.492 e. The van der Waals surface area contributed by atoms with Gasteiger partial charge in [-0.3, -0.25) is 9.80 Å². The highest BCUT2D eigenvalue weighted by molar-refractivity contribution is 6.30. The molecular formula is C25H33ClN2O4. The predicted octanol–water partition coefficient (Wildman–Crippen LogP) is 3.46. The van der Waals surface area contributed by atoms with Crippen molar-refractivity contribution in [2.75, 3.05) is 59.2 Å². The Labute approximate surface area is 195 Å². The minimum atomic E-state index is -1.07. The molecule has 0 bridgehead atoms. The van der Waals surface area contributed by atoms with Gasteiger partial charge >= 0.3 is 0 Å². The van der Waals surface area contributed by atoms with Crippen molar-refractivity contribution in [1.29, 1.82) is 0 Å². The quantitative estimate of drug-likeness (QED) is 0.618. The first kappa shape index (κ1) is 23.3. The van der Waals surface area contributed by atoms with Crippen LogP contribution < -0.4 is 9.47 Å². The van der Waals surface area contributed by atoms with Crippen LogP contribution in [-0.2, 0) is 11.3 Å². The molecule has 0 aliphatic carbocycles. The number of halogens is 1. The van der Waals surface area contributed by atoms with Crippen molar-refractivity contribution in [3.63, 3.8) is 0 Å². The lowest BCUT2D eigenvalue weighted by Crippen LogP contribution is -2.48. The standard InChI is InChI=1S/C25H33ClN2O4/c26-22-5-9-24(10-6-22)32-20-25(29)18-28(13-15-30-19-25)17-21-3-7-23(8-4-21)31-16-14-27-11-1-2-12-27/h3-10,29H,1-2,11-20H2/t25-/m1/s1. The van der Waals surface area contributed by atoms with Crippen LogP contribution in [0, 0.1) is 0 Å². The molecule has 1 atom stereocenters. The number of benzene rings is 2. The molecule has 174 valence electrons. The van der Waals surface area contributed by atoms with E-state index in [1.807, 2.05) is 12.1 Å². The average molecular weight is 461 g/mol. The highest BCUT2D eigenvalue weighted by Gasteiger charge is 2.33. The number of hydrogen-bond acceptors (Lipinski definition) is 6. The molecule has 32 heavy (non-hydrogen) atoms. The molecule has 6 nitrogen and oxygen atoms in total. The maximum absolute atomic E-state index is 11.1. The van der Waals surface area contributed by atoms with Crippen molar-refractivity contribution < 1.29 is 19.3 Å². The molecule has 0 aromatic heterocycles. The smallest absolute Gasteiger partial charge is 0.134 e. The van der Waals surface area contributed by atoms with Crippen LogP contribution in [0.2, 0.25) is 5.02 Å². The second kappa shape index (κ2) is 11.3. The molecule has 2 aliphatic heterocycles. The summed E-state index contributed by atoms with van der Waals surface area (Å²) in [5.41, 5.74) is 0.106. The third-order valence-corrected chi connectivity index (χ3v) is 6.22. The summed E-state index contributed by atoms with van der Waals surface area (Å²) in [5, 5.41) is 11.8. The molecule has 2 aromatic carbocycles. The zero-order valence-electron chi connectivity index (χ0n) is 18.5. The first-order chi connectivity index (χ1) is 15.6. The van der Waals surface area contributed by atoms with Gasteiger partial charge in [0.05, 0.1) is 13.2 Å². The van der Waals surface area contributed by atoms with Crippen molar-refractivity contribution in [2.45, 2.75) is 25.0 Å². The molecule has 2 aromatic rings. The number of aliphatic hydroxyl groups is 1. The Morgan fingerprint density at radius 2 is 1.59 bits per heavy atom. The largest absolute Gasteiger partial charge is 0.492 e. The van der Waals surface area contributed by atoms with Crippen LogP contribution in [-0.4, -0.2) is 79.7 Å². The fraction of sp³-hybridized carbons (Fsp3) is 0.520. The van der Waals surface area contributed by atoms with Gasteiger partial charge in [-0.2, -0.15) is 0 Å². The second-order valence-electron chi connectivity index (χ2n) is 8.77. The van der Waals surface area contributed by atoms with E-state index in [2.05, 4.69) is 21.9 Å². The number of rotatable bonds is 9. The predicted molar refractivity (Wildman–Crippen MR) is 126 cm³/mol. The van der Waals surface area contributed by atoms with Crippen molar-refractivity contribution >= 4 is 11.6 Å². The molecule has 0 radical (unpaired) electrons. The molecule has 0 spiro atoms. The molecule has 0 amide bonds. The van der Waals surface area contributed by atoms with E-state index in [9.17, 15) is 5.11 Å². The summed E-state index contributed by atoms with van der Waals surface area (Å²) in [6.07, 6.45) is 2.61. The van der Waals surface area contributed by atoms with Crippen molar-refractivity contribution in [3.05, 3.63) is 59.1 Å². The van der Waals surface area contributed by atoms with E-state index in [1.54, 1.807) is 24.3 Å². The highest BCUT2D eigenvalue weighted by Crippen LogP contribution is 2.21. The lowest BCUT2D eigenvalue weighted by Gasteiger charge is -2.30. The summed E-state index contributed by atoms with van der Waals surface area (Å²) in [5.74, 6) is 1.58. The monoisotopic (exact) mass is 460 g/mol. The third-order valence-electron chi connectivity index (χ3n) is 5.97. The SMILES string of the molecule is O[C@@]1(COc2ccc(Cl)cc2)COCCN(Cc2ccc(OCCN3CCCC3)cc2)C1. The van der Waals surface area contributed by atoms with E-state index in [0.717, 1.165) is 32.0 Å². The Hall–Kier alpha value is -1.83. The van der Waals surface area contributed by atoms with E-state index in [4.69, 9.17) is 25.8 Å². The van der Waals surface area contributed by atoms with E-state index in [1.165, 1.54) is 31.5 Å². The number of hydrogen-bond donors (Lipinski definition) is 1. The first-order valence-corrected chi connectivity index (χ1v) is 11.8. The summed E-state index contributed by atoms with van der Waals surface area (Å²) in [6, 6.07) is 15.4. The van der Waals surface area contributed by atoms with Gasteiger partial charge in [0.1, 0.15) is 30.3 Å². The van der Waals surface area contributed by atoms with Crippen LogP contribution in [0.25, 0.3) is 0 Å². The maximum Gasteiger partial charge on any atom is 0.134 e. The lowest BCUT2D eigenvalue weighted by molar-refractivity contribution is -0.0646. The maximum atomic E-state index is 11.1. The molecule has 2 saturated heterocycles. The van der Waals surface area contributed by atoms with Gasteiger partial charge in [0.25, 0.3) is 0 Å². The number of ether oxygens (including phenoxy) is 3.